The van der Waals surface area contributed by atoms with Crippen molar-refractivity contribution >= 4 is 5.91 Å². The summed E-state index contributed by atoms with van der Waals surface area (Å²) in [6.07, 6.45) is 7.85. The van der Waals surface area contributed by atoms with Gasteiger partial charge in [-0.1, -0.05) is 6.42 Å². The summed E-state index contributed by atoms with van der Waals surface area (Å²) in [5.41, 5.74) is 1.19. The Morgan fingerprint density at radius 3 is 3.00 bits per heavy atom. The van der Waals surface area contributed by atoms with Gasteiger partial charge in [-0.2, -0.15) is 5.10 Å². The van der Waals surface area contributed by atoms with Crippen molar-refractivity contribution in [3.05, 3.63) is 18.0 Å². The summed E-state index contributed by atoms with van der Waals surface area (Å²) in [5.74, 6) is 0.670. The van der Waals surface area contributed by atoms with Crippen molar-refractivity contribution in [1.82, 2.24) is 24.9 Å². The van der Waals surface area contributed by atoms with E-state index in [1.54, 1.807) is 0 Å². The van der Waals surface area contributed by atoms with Gasteiger partial charge in [-0.25, -0.2) is 0 Å². The monoisotopic (exact) mass is 317 g/mol. The third-order valence-corrected chi connectivity index (χ3v) is 5.83. The van der Waals surface area contributed by atoms with Gasteiger partial charge in [0.1, 0.15) is 0 Å². The predicted molar refractivity (Wildman–Crippen MR) is 88.1 cm³/mol. The van der Waals surface area contributed by atoms with Crippen molar-refractivity contribution in [2.75, 3.05) is 39.3 Å². The summed E-state index contributed by atoms with van der Waals surface area (Å²) >= 11 is 0. The van der Waals surface area contributed by atoms with Gasteiger partial charge >= 0.3 is 0 Å². The number of hydrogen-bond donors (Lipinski definition) is 1. The number of nitrogens with zero attached hydrogens (tertiary/aromatic N) is 4. The van der Waals surface area contributed by atoms with Crippen LogP contribution in [0.4, 0.5) is 0 Å². The molecule has 0 aliphatic carbocycles. The summed E-state index contributed by atoms with van der Waals surface area (Å²) < 4.78 is 1.83. The van der Waals surface area contributed by atoms with Crippen molar-refractivity contribution in [2.24, 2.45) is 13.0 Å². The normalized spacial score (nSPS) is 32.0. The summed E-state index contributed by atoms with van der Waals surface area (Å²) in [5, 5.41) is 7.69. The van der Waals surface area contributed by atoms with Crippen molar-refractivity contribution in [2.45, 2.75) is 31.2 Å². The number of hydrogen-bond acceptors (Lipinski definition) is 4. The molecule has 3 aliphatic heterocycles. The van der Waals surface area contributed by atoms with Gasteiger partial charge < -0.3 is 10.2 Å². The van der Waals surface area contributed by atoms with Gasteiger partial charge in [0.15, 0.2) is 0 Å². The molecule has 3 atom stereocenters. The Morgan fingerprint density at radius 1 is 1.26 bits per heavy atom. The molecule has 6 heteroatoms. The lowest BCUT2D eigenvalue weighted by atomic mass is 9.89. The maximum Gasteiger partial charge on any atom is 0.227 e. The number of carbonyl (C=O) groups is 1. The third kappa shape index (κ3) is 2.90. The number of amides is 1. The highest BCUT2D eigenvalue weighted by molar-refractivity contribution is 5.80. The number of piperidine rings is 1. The van der Waals surface area contributed by atoms with E-state index in [1.807, 2.05) is 17.9 Å². The first-order chi connectivity index (χ1) is 11.2. The zero-order chi connectivity index (χ0) is 15.8. The van der Waals surface area contributed by atoms with Crippen LogP contribution in [0.3, 0.4) is 0 Å². The first kappa shape index (κ1) is 15.1. The molecule has 1 aromatic rings. The summed E-state index contributed by atoms with van der Waals surface area (Å²) in [7, 11) is 1.94. The largest absolute Gasteiger partial charge is 0.340 e. The molecule has 0 saturated carbocycles. The molecule has 0 aromatic carbocycles. The van der Waals surface area contributed by atoms with E-state index in [9.17, 15) is 4.79 Å². The Hall–Kier alpha value is -1.40. The molecule has 1 N–H and O–H groups in total. The third-order valence-electron chi connectivity index (χ3n) is 5.83. The fourth-order valence-corrected chi connectivity index (χ4v) is 4.51. The molecule has 4 heterocycles. The van der Waals surface area contributed by atoms with Gasteiger partial charge in [-0.3, -0.25) is 14.4 Å². The number of nitrogens with one attached hydrogen (secondary N) is 1. The molecule has 3 saturated heterocycles. The molecule has 6 nitrogen and oxygen atoms in total. The first-order valence-corrected chi connectivity index (χ1v) is 8.94. The highest BCUT2D eigenvalue weighted by atomic mass is 16.2. The van der Waals surface area contributed by atoms with Gasteiger partial charge in [-0.15, -0.1) is 0 Å². The van der Waals surface area contributed by atoms with Crippen LogP contribution in [-0.2, 0) is 11.8 Å². The minimum Gasteiger partial charge on any atom is -0.340 e. The quantitative estimate of drug-likeness (QED) is 0.859. The van der Waals surface area contributed by atoms with E-state index >= 15 is 0 Å². The Morgan fingerprint density at radius 2 is 2.17 bits per heavy atom. The second-order valence-corrected chi connectivity index (χ2v) is 7.29. The van der Waals surface area contributed by atoms with E-state index in [0.717, 1.165) is 32.7 Å². The van der Waals surface area contributed by atoms with Crippen LogP contribution in [0.15, 0.2) is 12.4 Å². The second-order valence-electron chi connectivity index (χ2n) is 7.29. The number of aromatic nitrogens is 2. The Labute approximate surface area is 137 Å². The highest BCUT2D eigenvalue weighted by Gasteiger charge is 2.39. The smallest absolute Gasteiger partial charge is 0.227 e. The molecule has 0 radical (unpaired) electrons. The van der Waals surface area contributed by atoms with Crippen LogP contribution in [0, 0.1) is 5.92 Å². The van der Waals surface area contributed by atoms with Crippen LogP contribution in [-0.4, -0.2) is 70.8 Å². The predicted octanol–water partition coefficient (Wildman–Crippen LogP) is 0.420. The lowest BCUT2D eigenvalue weighted by Gasteiger charge is -2.44. The van der Waals surface area contributed by atoms with Gasteiger partial charge in [0.25, 0.3) is 0 Å². The van der Waals surface area contributed by atoms with E-state index < -0.39 is 0 Å². The van der Waals surface area contributed by atoms with Crippen LogP contribution in [0.25, 0.3) is 0 Å². The topological polar surface area (TPSA) is 53.4 Å². The van der Waals surface area contributed by atoms with Crippen LogP contribution in [0.1, 0.15) is 30.7 Å². The SMILES string of the molecule is Cn1cc([C@H]2CNC[C@@H]2C(=O)N2CCN3CCCCC3C2)cn1. The lowest BCUT2D eigenvalue weighted by Crippen LogP contribution is -2.57. The van der Waals surface area contributed by atoms with Crippen molar-refractivity contribution in [1.29, 1.82) is 0 Å². The number of rotatable bonds is 2. The fourth-order valence-electron chi connectivity index (χ4n) is 4.51. The molecule has 3 aliphatic rings. The van der Waals surface area contributed by atoms with Gasteiger partial charge in [0, 0.05) is 57.9 Å². The molecule has 1 amide bonds. The number of piperazine rings is 1. The molecular formula is C17H27N5O. The van der Waals surface area contributed by atoms with Crippen molar-refractivity contribution < 1.29 is 4.79 Å². The second kappa shape index (κ2) is 6.24. The number of carbonyl (C=O) groups excluding carboxylic acids is 1. The maximum absolute atomic E-state index is 13.1. The van der Waals surface area contributed by atoms with E-state index in [2.05, 4.69) is 26.4 Å². The molecule has 1 aromatic heterocycles. The summed E-state index contributed by atoms with van der Waals surface area (Å²) in [4.78, 5) is 17.8. The molecular weight excluding hydrogens is 290 g/mol. The number of aryl methyl sites for hydroxylation is 1. The van der Waals surface area contributed by atoms with Crippen LogP contribution in [0.5, 0.6) is 0 Å². The van der Waals surface area contributed by atoms with Crippen molar-refractivity contribution in [3.8, 4) is 0 Å². The molecule has 126 valence electrons. The Kier molecular flexibility index (Phi) is 4.11. The minimum absolute atomic E-state index is 0.0642. The zero-order valence-electron chi connectivity index (χ0n) is 13.9. The molecule has 1 unspecified atom stereocenters. The molecule has 0 bridgehead atoms. The Bertz CT molecular complexity index is 571. The van der Waals surface area contributed by atoms with Crippen LogP contribution in [0.2, 0.25) is 0 Å². The van der Waals surface area contributed by atoms with E-state index in [0.29, 0.717) is 11.9 Å². The first-order valence-electron chi connectivity index (χ1n) is 8.94. The molecule has 0 spiro atoms. The van der Waals surface area contributed by atoms with E-state index in [-0.39, 0.29) is 11.8 Å². The van der Waals surface area contributed by atoms with Crippen LogP contribution < -0.4 is 5.32 Å². The summed E-state index contributed by atoms with van der Waals surface area (Å²) in [6.45, 7) is 5.76. The molecule has 23 heavy (non-hydrogen) atoms. The van der Waals surface area contributed by atoms with Crippen LogP contribution >= 0.6 is 0 Å². The van der Waals surface area contributed by atoms with E-state index in [1.165, 1.54) is 31.4 Å². The van der Waals surface area contributed by atoms with Gasteiger partial charge in [0.2, 0.25) is 5.91 Å². The number of fused-ring (bicyclic) bond motifs is 1. The zero-order valence-corrected chi connectivity index (χ0v) is 13.9. The fraction of sp³-hybridized carbons (Fsp3) is 0.765. The molecule has 4 rings (SSSR count). The Balaban J connectivity index is 1.45. The average molecular weight is 317 g/mol. The van der Waals surface area contributed by atoms with Crippen molar-refractivity contribution in [3.63, 3.8) is 0 Å². The van der Waals surface area contributed by atoms with E-state index in [4.69, 9.17) is 0 Å². The maximum atomic E-state index is 13.1. The average Bonchev–Trinajstić information content (AvgIpc) is 3.22. The summed E-state index contributed by atoms with van der Waals surface area (Å²) in [6, 6.07) is 0.590. The molecule has 3 fully saturated rings. The lowest BCUT2D eigenvalue weighted by molar-refractivity contribution is -0.139. The van der Waals surface area contributed by atoms with Gasteiger partial charge in [0.05, 0.1) is 12.1 Å². The highest BCUT2D eigenvalue weighted by Crippen LogP contribution is 2.30. The van der Waals surface area contributed by atoms with Gasteiger partial charge in [-0.05, 0) is 24.9 Å². The standard InChI is InChI=1S/C17H27N5O/c1-20-11-13(8-19-20)15-9-18-10-16(15)17(23)22-7-6-21-5-3-2-4-14(21)12-22/h8,11,14-16,18H,2-7,9-10,12H2,1H3/t14?,15-,16+/m1/s1. The minimum atomic E-state index is 0.0642.